The molecule has 1 aromatic carbocycles. The molecule has 0 aliphatic heterocycles. The second kappa shape index (κ2) is 6.13. The fourth-order valence-electron chi connectivity index (χ4n) is 2.04. The summed E-state index contributed by atoms with van der Waals surface area (Å²) in [7, 11) is 1.66. The van der Waals surface area contributed by atoms with Crippen LogP contribution in [0.15, 0.2) is 36.8 Å². The summed E-state index contributed by atoms with van der Waals surface area (Å²) in [4.78, 5) is 22.1. The third-order valence-corrected chi connectivity index (χ3v) is 3.12. The highest BCUT2D eigenvalue weighted by atomic mass is 16.6. The standard InChI is InChI=1S/C17H21N3O2/c1-12-8-6-7-9-13(12)15-14(10-18-11-19-15)20(5)16(21)22-17(2,3)4/h6-11H,1-5H3. The zero-order valence-corrected chi connectivity index (χ0v) is 13.6. The summed E-state index contributed by atoms with van der Waals surface area (Å²) < 4.78 is 5.41. The second-order valence-corrected chi connectivity index (χ2v) is 6.11. The molecule has 0 bridgehead atoms. The Morgan fingerprint density at radius 2 is 1.91 bits per heavy atom. The van der Waals surface area contributed by atoms with Gasteiger partial charge in [-0.3, -0.25) is 4.90 Å². The van der Waals surface area contributed by atoms with Crippen LogP contribution in [-0.2, 0) is 4.74 Å². The molecule has 2 rings (SSSR count). The van der Waals surface area contributed by atoms with Crippen molar-refractivity contribution >= 4 is 11.8 Å². The minimum absolute atomic E-state index is 0.433. The average Bonchev–Trinajstić information content (AvgIpc) is 2.45. The molecule has 0 fully saturated rings. The second-order valence-electron chi connectivity index (χ2n) is 6.11. The van der Waals surface area contributed by atoms with Gasteiger partial charge in [-0.2, -0.15) is 0 Å². The lowest BCUT2D eigenvalue weighted by Crippen LogP contribution is -2.34. The molecule has 0 saturated carbocycles. The van der Waals surface area contributed by atoms with E-state index in [-0.39, 0.29) is 0 Å². The predicted molar refractivity (Wildman–Crippen MR) is 86.8 cm³/mol. The normalized spacial score (nSPS) is 11.1. The Balaban J connectivity index is 2.41. The Labute approximate surface area is 131 Å². The van der Waals surface area contributed by atoms with Crippen molar-refractivity contribution in [2.75, 3.05) is 11.9 Å². The number of carbonyl (C=O) groups excluding carboxylic acids is 1. The maximum Gasteiger partial charge on any atom is 0.414 e. The van der Waals surface area contributed by atoms with Gasteiger partial charge >= 0.3 is 6.09 Å². The third kappa shape index (κ3) is 3.61. The molecule has 0 atom stereocenters. The molecular weight excluding hydrogens is 278 g/mol. The first kappa shape index (κ1) is 15.9. The number of hydrogen-bond acceptors (Lipinski definition) is 4. The van der Waals surface area contributed by atoms with Crippen LogP contribution in [0.25, 0.3) is 11.3 Å². The summed E-state index contributed by atoms with van der Waals surface area (Å²) in [5.41, 5.74) is 2.83. The van der Waals surface area contributed by atoms with E-state index in [0.717, 1.165) is 11.1 Å². The van der Waals surface area contributed by atoms with E-state index in [9.17, 15) is 4.79 Å². The molecule has 2 aromatic rings. The number of amides is 1. The van der Waals surface area contributed by atoms with E-state index >= 15 is 0 Å². The highest BCUT2D eigenvalue weighted by molar-refractivity contribution is 5.92. The minimum atomic E-state index is -0.552. The van der Waals surface area contributed by atoms with Crippen LogP contribution in [0.5, 0.6) is 0 Å². The van der Waals surface area contributed by atoms with Gasteiger partial charge in [-0.15, -0.1) is 0 Å². The lowest BCUT2D eigenvalue weighted by atomic mass is 10.0. The summed E-state index contributed by atoms with van der Waals surface area (Å²) in [5.74, 6) is 0. The topological polar surface area (TPSA) is 55.3 Å². The van der Waals surface area contributed by atoms with Crippen LogP contribution >= 0.6 is 0 Å². The van der Waals surface area contributed by atoms with Crippen LogP contribution in [0.4, 0.5) is 10.5 Å². The van der Waals surface area contributed by atoms with Crippen LogP contribution < -0.4 is 4.90 Å². The van der Waals surface area contributed by atoms with Crippen molar-refractivity contribution in [3.05, 3.63) is 42.4 Å². The van der Waals surface area contributed by atoms with Crippen LogP contribution in [0.3, 0.4) is 0 Å². The Morgan fingerprint density at radius 1 is 1.23 bits per heavy atom. The summed E-state index contributed by atoms with van der Waals surface area (Å²) in [5, 5.41) is 0. The van der Waals surface area contributed by atoms with Crippen molar-refractivity contribution in [2.24, 2.45) is 0 Å². The number of aryl methyl sites for hydroxylation is 1. The molecular formula is C17H21N3O2. The van der Waals surface area contributed by atoms with Crippen LogP contribution in [-0.4, -0.2) is 28.7 Å². The van der Waals surface area contributed by atoms with Gasteiger partial charge in [-0.25, -0.2) is 14.8 Å². The maximum atomic E-state index is 12.3. The molecule has 1 heterocycles. The lowest BCUT2D eigenvalue weighted by Gasteiger charge is -2.25. The highest BCUT2D eigenvalue weighted by Gasteiger charge is 2.23. The molecule has 0 radical (unpaired) electrons. The number of benzene rings is 1. The van der Waals surface area contributed by atoms with Crippen molar-refractivity contribution in [1.29, 1.82) is 0 Å². The van der Waals surface area contributed by atoms with E-state index in [0.29, 0.717) is 11.4 Å². The van der Waals surface area contributed by atoms with Gasteiger partial charge in [0.1, 0.15) is 11.9 Å². The van der Waals surface area contributed by atoms with Gasteiger partial charge < -0.3 is 4.74 Å². The van der Waals surface area contributed by atoms with Crippen molar-refractivity contribution in [1.82, 2.24) is 9.97 Å². The number of aromatic nitrogens is 2. The van der Waals surface area contributed by atoms with Gasteiger partial charge in [0.15, 0.2) is 0 Å². The Hall–Kier alpha value is -2.43. The summed E-state index contributed by atoms with van der Waals surface area (Å²) in [6.45, 7) is 7.52. The van der Waals surface area contributed by atoms with E-state index in [2.05, 4.69) is 9.97 Å². The third-order valence-electron chi connectivity index (χ3n) is 3.12. The number of rotatable bonds is 2. The van der Waals surface area contributed by atoms with E-state index < -0.39 is 11.7 Å². The molecule has 0 aliphatic carbocycles. The van der Waals surface area contributed by atoms with Gasteiger partial charge in [-0.05, 0) is 33.3 Å². The largest absolute Gasteiger partial charge is 0.443 e. The molecule has 5 heteroatoms. The molecule has 0 aliphatic rings. The van der Waals surface area contributed by atoms with Gasteiger partial charge in [0.25, 0.3) is 0 Å². The SMILES string of the molecule is Cc1ccccc1-c1ncncc1N(C)C(=O)OC(C)(C)C. The maximum absolute atomic E-state index is 12.3. The molecule has 0 N–H and O–H groups in total. The first-order valence-corrected chi connectivity index (χ1v) is 7.12. The summed E-state index contributed by atoms with van der Waals surface area (Å²) >= 11 is 0. The van der Waals surface area contributed by atoms with Gasteiger partial charge in [-0.1, -0.05) is 24.3 Å². The van der Waals surface area contributed by atoms with Crippen LogP contribution in [0.2, 0.25) is 0 Å². The smallest absolute Gasteiger partial charge is 0.414 e. The molecule has 0 saturated heterocycles. The molecule has 0 spiro atoms. The minimum Gasteiger partial charge on any atom is -0.443 e. The van der Waals surface area contributed by atoms with Crippen molar-refractivity contribution in [3.63, 3.8) is 0 Å². The Bertz CT molecular complexity index is 678. The monoisotopic (exact) mass is 299 g/mol. The zero-order chi connectivity index (χ0) is 16.3. The first-order chi connectivity index (χ1) is 10.3. The van der Waals surface area contributed by atoms with Gasteiger partial charge in [0.05, 0.1) is 17.6 Å². The quantitative estimate of drug-likeness (QED) is 0.846. The molecule has 1 amide bonds. The number of hydrogen-bond donors (Lipinski definition) is 0. The van der Waals surface area contributed by atoms with E-state index in [1.807, 2.05) is 52.0 Å². The lowest BCUT2D eigenvalue weighted by molar-refractivity contribution is 0.0589. The van der Waals surface area contributed by atoms with Gasteiger partial charge in [0, 0.05) is 12.6 Å². The fraction of sp³-hybridized carbons (Fsp3) is 0.353. The average molecular weight is 299 g/mol. The van der Waals surface area contributed by atoms with E-state index in [1.54, 1.807) is 13.2 Å². The van der Waals surface area contributed by atoms with Crippen LogP contribution in [0.1, 0.15) is 26.3 Å². The highest BCUT2D eigenvalue weighted by Crippen LogP contribution is 2.30. The molecule has 116 valence electrons. The van der Waals surface area contributed by atoms with Crippen molar-refractivity contribution < 1.29 is 9.53 Å². The number of anilines is 1. The zero-order valence-electron chi connectivity index (χ0n) is 13.6. The molecule has 5 nitrogen and oxygen atoms in total. The van der Waals surface area contributed by atoms with Crippen molar-refractivity contribution in [3.8, 4) is 11.3 Å². The fourth-order valence-corrected chi connectivity index (χ4v) is 2.04. The van der Waals surface area contributed by atoms with Crippen LogP contribution in [0, 0.1) is 6.92 Å². The molecule has 0 unspecified atom stereocenters. The van der Waals surface area contributed by atoms with E-state index in [4.69, 9.17) is 4.74 Å². The summed E-state index contributed by atoms with van der Waals surface area (Å²) in [6.07, 6.45) is 2.67. The van der Waals surface area contributed by atoms with Crippen molar-refractivity contribution in [2.45, 2.75) is 33.3 Å². The number of nitrogens with zero attached hydrogens (tertiary/aromatic N) is 3. The molecule has 1 aromatic heterocycles. The Kier molecular flexibility index (Phi) is 4.45. The summed E-state index contributed by atoms with van der Waals surface area (Å²) in [6, 6.07) is 7.90. The predicted octanol–water partition coefficient (Wildman–Crippen LogP) is 3.82. The molecule has 22 heavy (non-hydrogen) atoms. The Morgan fingerprint density at radius 3 is 2.55 bits per heavy atom. The van der Waals surface area contributed by atoms with E-state index in [1.165, 1.54) is 11.2 Å². The first-order valence-electron chi connectivity index (χ1n) is 7.12. The van der Waals surface area contributed by atoms with Gasteiger partial charge in [0.2, 0.25) is 0 Å². The number of ether oxygens (including phenoxy) is 1. The number of carbonyl (C=O) groups is 1.